The Kier molecular flexibility index (Phi) is 4.99. The lowest BCUT2D eigenvalue weighted by atomic mass is 9.95. The number of aromatic nitrogens is 3. The predicted octanol–water partition coefficient (Wildman–Crippen LogP) is 5.29. The predicted molar refractivity (Wildman–Crippen MR) is 119 cm³/mol. The molecule has 3 heterocycles. The van der Waals surface area contributed by atoms with E-state index in [0.29, 0.717) is 5.88 Å². The van der Waals surface area contributed by atoms with Gasteiger partial charge in [0, 0.05) is 52.3 Å². The van der Waals surface area contributed by atoms with Gasteiger partial charge in [0.05, 0.1) is 7.11 Å². The van der Waals surface area contributed by atoms with Crippen molar-refractivity contribution in [1.29, 1.82) is 0 Å². The second-order valence-electron chi connectivity index (χ2n) is 8.19. The number of carbonyl (C=O) groups is 1. The zero-order valence-electron chi connectivity index (χ0n) is 17.5. The molecule has 6 nitrogen and oxygen atoms in total. The van der Waals surface area contributed by atoms with Crippen molar-refractivity contribution in [3.8, 4) is 28.1 Å². The summed E-state index contributed by atoms with van der Waals surface area (Å²) < 4.78 is 5.26. The first-order valence-electron chi connectivity index (χ1n) is 9.74. The van der Waals surface area contributed by atoms with Crippen LogP contribution in [0, 0.1) is 5.41 Å². The number of carbonyl (C=O) groups excluding carboxylic acids is 1. The number of ether oxygens (including phenoxy) is 1. The van der Waals surface area contributed by atoms with Crippen LogP contribution in [-0.4, -0.2) is 28.0 Å². The van der Waals surface area contributed by atoms with E-state index in [9.17, 15) is 4.79 Å². The van der Waals surface area contributed by atoms with Gasteiger partial charge < -0.3 is 15.0 Å². The third kappa shape index (κ3) is 3.89. The molecular weight excluding hydrogens is 376 g/mol. The molecule has 0 spiro atoms. The summed E-state index contributed by atoms with van der Waals surface area (Å²) in [6, 6.07) is 13.8. The first-order valence-corrected chi connectivity index (χ1v) is 9.74. The third-order valence-corrected chi connectivity index (χ3v) is 4.92. The van der Waals surface area contributed by atoms with E-state index < -0.39 is 5.41 Å². The minimum absolute atomic E-state index is 0.0206. The second kappa shape index (κ2) is 7.63. The molecule has 0 aliphatic carbocycles. The monoisotopic (exact) mass is 400 g/mol. The van der Waals surface area contributed by atoms with Crippen LogP contribution in [0.25, 0.3) is 33.3 Å². The maximum Gasteiger partial charge on any atom is 0.229 e. The molecule has 4 aromatic rings. The summed E-state index contributed by atoms with van der Waals surface area (Å²) in [5.41, 5.74) is 5.09. The third-order valence-electron chi connectivity index (χ3n) is 4.92. The van der Waals surface area contributed by atoms with Gasteiger partial charge in [0.15, 0.2) is 0 Å². The van der Waals surface area contributed by atoms with Gasteiger partial charge in [0.1, 0.15) is 5.65 Å². The van der Waals surface area contributed by atoms with Crippen LogP contribution >= 0.6 is 0 Å². The van der Waals surface area contributed by atoms with E-state index in [1.807, 2.05) is 69.6 Å². The largest absolute Gasteiger partial charge is 0.481 e. The maximum atomic E-state index is 12.3. The number of aromatic amines is 1. The van der Waals surface area contributed by atoms with Crippen molar-refractivity contribution in [2.75, 3.05) is 12.4 Å². The molecule has 3 aromatic heterocycles. The van der Waals surface area contributed by atoms with Crippen LogP contribution in [0.5, 0.6) is 5.88 Å². The number of nitrogens with one attached hydrogen (secondary N) is 2. The average Bonchev–Trinajstić information content (AvgIpc) is 3.16. The molecule has 152 valence electrons. The normalized spacial score (nSPS) is 11.5. The van der Waals surface area contributed by atoms with Gasteiger partial charge in [-0.15, -0.1) is 0 Å². The number of benzene rings is 1. The fraction of sp³-hybridized carbons (Fsp3) is 0.208. The van der Waals surface area contributed by atoms with Gasteiger partial charge in [0.25, 0.3) is 0 Å². The highest BCUT2D eigenvalue weighted by atomic mass is 16.5. The summed E-state index contributed by atoms with van der Waals surface area (Å²) in [6.07, 6.45) is 5.50. The lowest BCUT2D eigenvalue weighted by molar-refractivity contribution is -0.123. The first-order chi connectivity index (χ1) is 14.3. The molecule has 0 fully saturated rings. The number of methoxy groups -OCH3 is 1. The Balaban J connectivity index is 1.72. The molecule has 0 unspecified atom stereocenters. The van der Waals surface area contributed by atoms with E-state index in [0.717, 1.165) is 39.0 Å². The second-order valence-corrected chi connectivity index (χ2v) is 8.19. The fourth-order valence-corrected chi connectivity index (χ4v) is 3.18. The molecular formula is C24H24N4O2. The molecule has 30 heavy (non-hydrogen) atoms. The van der Waals surface area contributed by atoms with Crippen LogP contribution in [0.3, 0.4) is 0 Å². The van der Waals surface area contributed by atoms with Crippen LogP contribution in [0.15, 0.2) is 61.1 Å². The molecule has 0 saturated carbocycles. The summed E-state index contributed by atoms with van der Waals surface area (Å²) in [5.74, 6) is 0.543. The summed E-state index contributed by atoms with van der Waals surface area (Å²) in [6.45, 7) is 5.68. The minimum atomic E-state index is -0.456. The van der Waals surface area contributed by atoms with E-state index >= 15 is 0 Å². The molecule has 2 N–H and O–H groups in total. The Hall–Kier alpha value is -3.67. The fourth-order valence-electron chi connectivity index (χ4n) is 3.18. The molecule has 0 bridgehead atoms. The molecule has 0 radical (unpaired) electrons. The molecule has 1 aromatic carbocycles. The van der Waals surface area contributed by atoms with Gasteiger partial charge in [-0.25, -0.2) is 9.97 Å². The van der Waals surface area contributed by atoms with Gasteiger partial charge in [0.2, 0.25) is 11.8 Å². The van der Waals surface area contributed by atoms with Crippen LogP contribution < -0.4 is 10.1 Å². The molecule has 0 atom stereocenters. The number of pyridine rings is 2. The molecule has 0 aliphatic rings. The highest BCUT2D eigenvalue weighted by molar-refractivity contribution is 5.97. The Morgan fingerprint density at radius 2 is 1.87 bits per heavy atom. The summed E-state index contributed by atoms with van der Waals surface area (Å²) in [7, 11) is 1.60. The van der Waals surface area contributed by atoms with Gasteiger partial charge in [-0.2, -0.15) is 0 Å². The van der Waals surface area contributed by atoms with Crippen molar-refractivity contribution < 1.29 is 9.53 Å². The SMILES string of the molecule is COc1cc(-c2c[nH]c3ncc(-c4cccc(NC(=O)C(C)(C)C)c4)cc23)ccn1. The zero-order chi connectivity index (χ0) is 21.3. The molecule has 6 heteroatoms. The topological polar surface area (TPSA) is 79.9 Å². The number of hydrogen-bond donors (Lipinski definition) is 2. The van der Waals surface area contributed by atoms with Gasteiger partial charge >= 0.3 is 0 Å². The highest BCUT2D eigenvalue weighted by Gasteiger charge is 2.21. The Morgan fingerprint density at radius 3 is 2.63 bits per heavy atom. The van der Waals surface area contributed by atoms with E-state index in [4.69, 9.17) is 4.74 Å². The lowest BCUT2D eigenvalue weighted by Crippen LogP contribution is -2.27. The van der Waals surface area contributed by atoms with Crippen molar-refractivity contribution in [3.63, 3.8) is 0 Å². The van der Waals surface area contributed by atoms with Crippen LogP contribution in [0.1, 0.15) is 20.8 Å². The highest BCUT2D eigenvalue weighted by Crippen LogP contribution is 2.32. The number of rotatable bonds is 4. The van der Waals surface area contributed by atoms with Gasteiger partial charge in [-0.1, -0.05) is 32.9 Å². The maximum absolute atomic E-state index is 12.3. The number of nitrogens with zero attached hydrogens (tertiary/aromatic N) is 2. The van der Waals surface area contributed by atoms with Gasteiger partial charge in [-0.3, -0.25) is 4.79 Å². The summed E-state index contributed by atoms with van der Waals surface area (Å²) in [5, 5.41) is 3.99. The standard InChI is InChI=1S/C24H24N4O2/c1-24(2,3)23(29)28-18-7-5-6-15(10-18)17-11-19-20(14-27-22(19)26-13-17)16-8-9-25-21(12-16)30-4/h5-14H,1-4H3,(H,26,27)(H,28,29). The summed E-state index contributed by atoms with van der Waals surface area (Å²) >= 11 is 0. The Morgan fingerprint density at radius 1 is 1.03 bits per heavy atom. The number of fused-ring (bicyclic) bond motifs is 1. The van der Waals surface area contributed by atoms with E-state index in [1.54, 1.807) is 13.3 Å². The van der Waals surface area contributed by atoms with E-state index in [1.165, 1.54) is 0 Å². The van der Waals surface area contributed by atoms with Crippen LogP contribution in [-0.2, 0) is 4.79 Å². The Bertz CT molecular complexity index is 1220. The number of H-pyrrole nitrogens is 1. The minimum Gasteiger partial charge on any atom is -0.481 e. The number of amides is 1. The molecule has 4 rings (SSSR count). The van der Waals surface area contributed by atoms with Crippen molar-refractivity contribution in [3.05, 3.63) is 61.1 Å². The molecule has 0 saturated heterocycles. The van der Waals surface area contributed by atoms with Crippen molar-refractivity contribution >= 4 is 22.6 Å². The van der Waals surface area contributed by atoms with Gasteiger partial charge in [-0.05, 0) is 35.4 Å². The van der Waals surface area contributed by atoms with Crippen LogP contribution in [0.4, 0.5) is 5.69 Å². The van der Waals surface area contributed by atoms with E-state index in [-0.39, 0.29) is 5.91 Å². The van der Waals surface area contributed by atoms with Crippen molar-refractivity contribution in [1.82, 2.24) is 15.0 Å². The Labute approximate surface area is 175 Å². The smallest absolute Gasteiger partial charge is 0.229 e. The van der Waals surface area contributed by atoms with Crippen molar-refractivity contribution in [2.24, 2.45) is 5.41 Å². The number of hydrogen-bond acceptors (Lipinski definition) is 4. The average molecular weight is 400 g/mol. The first kappa shape index (κ1) is 19.6. The molecule has 1 amide bonds. The molecule has 0 aliphatic heterocycles. The summed E-state index contributed by atoms with van der Waals surface area (Å²) in [4.78, 5) is 24.3. The quantitative estimate of drug-likeness (QED) is 0.488. The van der Waals surface area contributed by atoms with Crippen LogP contribution in [0.2, 0.25) is 0 Å². The lowest BCUT2D eigenvalue weighted by Gasteiger charge is -2.18. The van der Waals surface area contributed by atoms with Crippen molar-refractivity contribution in [2.45, 2.75) is 20.8 Å². The zero-order valence-corrected chi connectivity index (χ0v) is 17.5. The number of anilines is 1. The van der Waals surface area contributed by atoms with E-state index in [2.05, 4.69) is 26.3 Å².